The molecule has 0 aromatic rings. The molecule has 3 nitrogen and oxygen atoms in total. The zero-order valence-electron chi connectivity index (χ0n) is 11.6. The topological polar surface area (TPSA) is 64.1 Å². The molecule has 5 N–H and O–H groups in total. The summed E-state index contributed by atoms with van der Waals surface area (Å²) in [6.07, 6.45) is 5.45. The SMILES string of the molecule is CCCC(C)(CCN)NCCC(C)(N)CC. The highest BCUT2D eigenvalue weighted by Gasteiger charge is 2.23. The molecule has 0 aliphatic rings. The molecular formula is C13H31N3. The average Bonchev–Trinajstić information content (AvgIpc) is 2.18. The molecule has 0 aromatic carbocycles. The van der Waals surface area contributed by atoms with Crippen molar-refractivity contribution in [3.8, 4) is 0 Å². The van der Waals surface area contributed by atoms with Crippen molar-refractivity contribution in [1.29, 1.82) is 0 Å². The zero-order chi connectivity index (χ0) is 12.7. The van der Waals surface area contributed by atoms with Crippen LogP contribution >= 0.6 is 0 Å². The Morgan fingerprint density at radius 2 is 1.69 bits per heavy atom. The van der Waals surface area contributed by atoms with Crippen LogP contribution in [0.1, 0.15) is 59.8 Å². The molecule has 0 aromatic heterocycles. The number of rotatable bonds is 9. The normalized spacial score (nSPS) is 19.1. The van der Waals surface area contributed by atoms with Gasteiger partial charge in [-0.25, -0.2) is 0 Å². The largest absolute Gasteiger partial charge is 0.330 e. The lowest BCUT2D eigenvalue weighted by Gasteiger charge is -2.32. The maximum Gasteiger partial charge on any atom is 0.0165 e. The fraction of sp³-hybridized carbons (Fsp3) is 1.00. The van der Waals surface area contributed by atoms with Gasteiger partial charge in [-0.3, -0.25) is 0 Å². The fourth-order valence-electron chi connectivity index (χ4n) is 2.00. The highest BCUT2D eigenvalue weighted by atomic mass is 15.0. The lowest BCUT2D eigenvalue weighted by molar-refractivity contribution is 0.289. The fourth-order valence-corrected chi connectivity index (χ4v) is 2.00. The molecule has 2 atom stereocenters. The average molecular weight is 229 g/mol. The van der Waals surface area contributed by atoms with Crippen LogP contribution in [0.15, 0.2) is 0 Å². The van der Waals surface area contributed by atoms with Crippen molar-refractivity contribution in [2.45, 2.75) is 70.9 Å². The lowest BCUT2D eigenvalue weighted by Crippen LogP contribution is -2.47. The van der Waals surface area contributed by atoms with Crippen molar-refractivity contribution >= 4 is 0 Å². The molecule has 0 heterocycles. The van der Waals surface area contributed by atoms with Gasteiger partial charge < -0.3 is 16.8 Å². The second-order valence-electron chi connectivity index (χ2n) is 5.53. The van der Waals surface area contributed by atoms with Gasteiger partial charge in [0.2, 0.25) is 0 Å². The van der Waals surface area contributed by atoms with Gasteiger partial charge in [0.25, 0.3) is 0 Å². The third kappa shape index (κ3) is 6.46. The van der Waals surface area contributed by atoms with Gasteiger partial charge in [0, 0.05) is 11.1 Å². The highest BCUT2D eigenvalue weighted by Crippen LogP contribution is 2.17. The van der Waals surface area contributed by atoms with E-state index < -0.39 is 0 Å². The molecule has 0 saturated heterocycles. The first-order valence-electron chi connectivity index (χ1n) is 6.63. The van der Waals surface area contributed by atoms with E-state index in [1.807, 2.05) is 0 Å². The molecule has 3 heteroatoms. The highest BCUT2D eigenvalue weighted by molar-refractivity contribution is 4.85. The number of hydrogen-bond donors (Lipinski definition) is 3. The Morgan fingerprint density at radius 1 is 1.06 bits per heavy atom. The van der Waals surface area contributed by atoms with Crippen LogP contribution in [0, 0.1) is 0 Å². The Kier molecular flexibility index (Phi) is 7.20. The van der Waals surface area contributed by atoms with Gasteiger partial charge in [-0.1, -0.05) is 20.3 Å². The van der Waals surface area contributed by atoms with E-state index in [0.29, 0.717) is 0 Å². The van der Waals surface area contributed by atoms with Crippen molar-refractivity contribution < 1.29 is 0 Å². The molecule has 2 unspecified atom stereocenters. The van der Waals surface area contributed by atoms with Crippen LogP contribution in [-0.4, -0.2) is 24.2 Å². The summed E-state index contributed by atoms with van der Waals surface area (Å²) in [7, 11) is 0. The second kappa shape index (κ2) is 7.25. The molecule has 0 rings (SSSR count). The minimum Gasteiger partial charge on any atom is -0.330 e. The van der Waals surface area contributed by atoms with Crippen molar-refractivity contribution in [3.63, 3.8) is 0 Å². The summed E-state index contributed by atoms with van der Waals surface area (Å²) < 4.78 is 0. The van der Waals surface area contributed by atoms with E-state index in [-0.39, 0.29) is 11.1 Å². The molecule has 0 fully saturated rings. The van der Waals surface area contributed by atoms with E-state index in [9.17, 15) is 0 Å². The monoisotopic (exact) mass is 229 g/mol. The standard InChI is InChI=1S/C13H31N3/c1-5-7-13(4,8-10-14)16-11-9-12(3,15)6-2/h16H,5-11,14-15H2,1-4H3. The minimum absolute atomic E-state index is 0.0388. The van der Waals surface area contributed by atoms with Crippen molar-refractivity contribution in [2.75, 3.05) is 13.1 Å². The van der Waals surface area contributed by atoms with E-state index in [2.05, 4.69) is 33.0 Å². The molecule has 0 saturated carbocycles. The van der Waals surface area contributed by atoms with E-state index in [1.54, 1.807) is 0 Å². The van der Waals surface area contributed by atoms with E-state index in [0.717, 1.165) is 32.4 Å². The van der Waals surface area contributed by atoms with Crippen LogP contribution in [0.2, 0.25) is 0 Å². The van der Waals surface area contributed by atoms with Crippen molar-refractivity contribution in [2.24, 2.45) is 11.5 Å². The molecule has 0 bridgehead atoms. The molecule has 0 spiro atoms. The summed E-state index contributed by atoms with van der Waals surface area (Å²) >= 11 is 0. The minimum atomic E-state index is -0.0388. The zero-order valence-corrected chi connectivity index (χ0v) is 11.6. The lowest BCUT2D eigenvalue weighted by atomic mass is 9.90. The molecule has 98 valence electrons. The first-order chi connectivity index (χ1) is 7.39. The molecule has 0 radical (unpaired) electrons. The van der Waals surface area contributed by atoms with E-state index in [4.69, 9.17) is 11.5 Å². The maximum atomic E-state index is 6.13. The van der Waals surface area contributed by atoms with E-state index >= 15 is 0 Å². The molecule has 16 heavy (non-hydrogen) atoms. The van der Waals surface area contributed by atoms with Gasteiger partial charge in [-0.2, -0.15) is 0 Å². The molecule has 0 aliphatic carbocycles. The van der Waals surface area contributed by atoms with Crippen molar-refractivity contribution in [1.82, 2.24) is 5.32 Å². The summed E-state index contributed by atoms with van der Waals surface area (Å²) in [6.45, 7) is 10.5. The Balaban J connectivity index is 4.02. The van der Waals surface area contributed by atoms with E-state index in [1.165, 1.54) is 12.8 Å². The van der Waals surface area contributed by atoms with Crippen LogP contribution in [0.4, 0.5) is 0 Å². The van der Waals surface area contributed by atoms with Gasteiger partial charge in [0.1, 0.15) is 0 Å². The second-order valence-corrected chi connectivity index (χ2v) is 5.53. The maximum absolute atomic E-state index is 6.13. The summed E-state index contributed by atoms with van der Waals surface area (Å²) in [5.41, 5.74) is 11.9. The van der Waals surface area contributed by atoms with Gasteiger partial charge in [0.15, 0.2) is 0 Å². The smallest absolute Gasteiger partial charge is 0.0165 e. The number of nitrogens with one attached hydrogen (secondary N) is 1. The van der Waals surface area contributed by atoms with Crippen LogP contribution in [0.5, 0.6) is 0 Å². The third-order valence-corrected chi connectivity index (χ3v) is 3.55. The first-order valence-corrected chi connectivity index (χ1v) is 6.63. The summed E-state index contributed by atoms with van der Waals surface area (Å²) in [5, 5.41) is 3.63. The predicted molar refractivity (Wildman–Crippen MR) is 72.5 cm³/mol. The number of nitrogens with two attached hydrogens (primary N) is 2. The van der Waals surface area contributed by atoms with Crippen LogP contribution < -0.4 is 16.8 Å². The van der Waals surface area contributed by atoms with Gasteiger partial charge in [-0.15, -0.1) is 0 Å². The predicted octanol–water partition coefficient (Wildman–Crippen LogP) is 2.00. The third-order valence-electron chi connectivity index (χ3n) is 3.55. The van der Waals surface area contributed by atoms with Crippen molar-refractivity contribution in [3.05, 3.63) is 0 Å². The summed E-state index contributed by atoms with van der Waals surface area (Å²) in [4.78, 5) is 0. The Morgan fingerprint density at radius 3 is 2.12 bits per heavy atom. The Labute approximate surface area is 101 Å². The van der Waals surface area contributed by atoms with Gasteiger partial charge in [-0.05, 0) is 52.6 Å². The molecular weight excluding hydrogens is 198 g/mol. The van der Waals surface area contributed by atoms with Gasteiger partial charge >= 0.3 is 0 Å². The summed E-state index contributed by atoms with van der Waals surface area (Å²) in [5.74, 6) is 0. The molecule has 0 aliphatic heterocycles. The Hall–Kier alpha value is -0.120. The number of hydrogen-bond acceptors (Lipinski definition) is 3. The van der Waals surface area contributed by atoms with Crippen LogP contribution in [-0.2, 0) is 0 Å². The van der Waals surface area contributed by atoms with Crippen LogP contribution in [0.25, 0.3) is 0 Å². The quantitative estimate of drug-likeness (QED) is 0.566. The Bertz CT molecular complexity index is 172. The van der Waals surface area contributed by atoms with Crippen LogP contribution in [0.3, 0.4) is 0 Å². The molecule has 0 amide bonds. The van der Waals surface area contributed by atoms with Gasteiger partial charge in [0.05, 0.1) is 0 Å². The first kappa shape index (κ1) is 15.9. The summed E-state index contributed by atoms with van der Waals surface area (Å²) in [6, 6.07) is 0.